The molecular formula is C11H18N4O3. The van der Waals surface area contributed by atoms with E-state index < -0.39 is 12.0 Å². The van der Waals surface area contributed by atoms with Crippen LogP contribution in [0.4, 0.5) is 4.79 Å². The molecule has 1 heterocycles. The van der Waals surface area contributed by atoms with Crippen LogP contribution in [0.1, 0.15) is 32.6 Å². The molecule has 0 fully saturated rings. The number of imidazole rings is 1. The second kappa shape index (κ2) is 6.04. The third kappa shape index (κ3) is 3.76. The van der Waals surface area contributed by atoms with Crippen LogP contribution >= 0.6 is 0 Å². The first-order chi connectivity index (χ1) is 8.41. The Labute approximate surface area is 105 Å². The van der Waals surface area contributed by atoms with Crippen molar-refractivity contribution >= 4 is 12.0 Å². The number of hydrogen-bond donors (Lipinski definition) is 3. The van der Waals surface area contributed by atoms with Gasteiger partial charge in [0.25, 0.3) is 0 Å². The van der Waals surface area contributed by atoms with Gasteiger partial charge in [-0.25, -0.2) is 9.78 Å². The van der Waals surface area contributed by atoms with Crippen LogP contribution in [0.5, 0.6) is 0 Å². The highest BCUT2D eigenvalue weighted by Crippen LogP contribution is 2.07. The fourth-order valence-corrected chi connectivity index (χ4v) is 1.49. The Bertz CT molecular complexity index is 402. The van der Waals surface area contributed by atoms with Gasteiger partial charge in [-0.1, -0.05) is 0 Å². The third-order valence-electron chi connectivity index (χ3n) is 2.46. The van der Waals surface area contributed by atoms with Crippen molar-refractivity contribution in [3.8, 4) is 0 Å². The minimum absolute atomic E-state index is 0.190. The SMILES string of the molecule is CC(NC(=O)N(CC(=O)O)C(C)C)c1ncc[nH]1. The summed E-state index contributed by atoms with van der Waals surface area (Å²) in [5, 5.41) is 11.5. The second-order valence-corrected chi connectivity index (χ2v) is 4.26. The van der Waals surface area contributed by atoms with Gasteiger partial charge in [-0.3, -0.25) is 4.79 Å². The van der Waals surface area contributed by atoms with Gasteiger partial charge in [-0.2, -0.15) is 0 Å². The summed E-state index contributed by atoms with van der Waals surface area (Å²) in [7, 11) is 0. The van der Waals surface area contributed by atoms with Gasteiger partial charge in [0.1, 0.15) is 12.4 Å². The molecule has 2 amide bonds. The number of hydrogen-bond acceptors (Lipinski definition) is 3. The molecule has 18 heavy (non-hydrogen) atoms. The van der Waals surface area contributed by atoms with Crippen LogP contribution in [0.2, 0.25) is 0 Å². The predicted molar refractivity (Wildman–Crippen MR) is 65.0 cm³/mol. The van der Waals surface area contributed by atoms with Gasteiger partial charge < -0.3 is 20.3 Å². The van der Waals surface area contributed by atoms with Gasteiger partial charge in [0.05, 0.1) is 6.04 Å². The van der Waals surface area contributed by atoms with Crippen LogP contribution in [0, 0.1) is 0 Å². The zero-order chi connectivity index (χ0) is 13.7. The number of rotatable bonds is 5. The third-order valence-corrected chi connectivity index (χ3v) is 2.46. The normalized spacial score (nSPS) is 12.2. The molecule has 0 saturated carbocycles. The Balaban J connectivity index is 2.64. The molecule has 1 unspecified atom stereocenters. The maximum Gasteiger partial charge on any atom is 0.323 e. The summed E-state index contributed by atoms with van der Waals surface area (Å²) in [6.07, 6.45) is 3.25. The van der Waals surface area contributed by atoms with Gasteiger partial charge in [-0.05, 0) is 20.8 Å². The molecule has 0 aromatic carbocycles. The van der Waals surface area contributed by atoms with Gasteiger partial charge in [0.15, 0.2) is 0 Å². The number of carboxylic acids is 1. The van der Waals surface area contributed by atoms with Crippen molar-refractivity contribution in [3.05, 3.63) is 18.2 Å². The minimum atomic E-state index is -1.04. The van der Waals surface area contributed by atoms with Gasteiger partial charge in [0, 0.05) is 18.4 Å². The Hall–Kier alpha value is -2.05. The van der Waals surface area contributed by atoms with E-state index in [2.05, 4.69) is 15.3 Å². The van der Waals surface area contributed by atoms with Gasteiger partial charge >= 0.3 is 12.0 Å². The molecule has 7 heteroatoms. The zero-order valence-electron chi connectivity index (χ0n) is 10.7. The van der Waals surface area contributed by atoms with Crippen molar-refractivity contribution in [2.24, 2.45) is 0 Å². The van der Waals surface area contributed by atoms with Crippen LogP contribution in [0.25, 0.3) is 0 Å². The highest BCUT2D eigenvalue weighted by atomic mass is 16.4. The van der Waals surface area contributed by atoms with E-state index in [1.54, 1.807) is 33.2 Å². The molecule has 0 saturated heterocycles. The van der Waals surface area contributed by atoms with Crippen molar-refractivity contribution in [3.63, 3.8) is 0 Å². The first-order valence-corrected chi connectivity index (χ1v) is 5.70. The molecular weight excluding hydrogens is 236 g/mol. The lowest BCUT2D eigenvalue weighted by atomic mass is 10.3. The minimum Gasteiger partial charge on any atom is -0.480 e. The molecule has 0 aliphatic heterocycles. The summed E-state index contributed by atoms with van der Waals surface area (Å²) < 4.78 is 0. The number of carbonyl (C=O) groups excluding carboxylic acids is 1. The molecule has 0 radical (unpaired) electrons. The van der Waals surface area contributed by atoms with Crippen LogP contribution in [0.15, 0.2) is 12.4 Å². The topological polar surface area (TPSA) is 98.3 Å². The maximum absolute atomic E-state index is 11.9. The monoisotopic (exact) mass is 254 g/mol. The molecule has 0 aliphatic rings. The first-order valence-electron chi connectivity index (χ1n) is 5.70. The summed E-state index contributed by atoms with van der Waals surface area (Å²) in [6, 6.07) is -0.913. The molecule has 0 bridgehead atoms. The number of carbonyl (C=O) groups is 2. The molecule has 1 aromatic heterocycles. The Morgan fingerprint density at radius 1 is 1.50 bits per heavy atom. The lowest BCUT2D eigenvalue weighted by molar-refractivity contribution is -0.138. The van der Waals surface area contributed by atoms with Crippen molar-refractivity contribution in [2.75, 3.05) is 6.54 Å². The van der Waals surface area contributed by atoms with Crippen molar-refractivity contribution in [1.82, 2.24) is 20.2 Å². The second-order valence-electron chi connectivity index (χ2n) is 4.26. The number of urea groups is 1. The summed E-state index contributed by atoms with van der Waals surface area (Å²) in [4.78, 5) is 30.8. The summed E-state index contributed by atoms with van der Waals surface area (Å²) in [6.45, 7) is 4.98. The summed E-state index contributed by atoms with van der Waals surface area (Å²) in [5.74, 6) is -0.410. The molecule has 1 aromatic rings. The smallest absolute Gasteiger partial charge is 0.323 e. The number of nitrogens with one attached hydrogen (secondary N) is 2. The quantitative estimate of drug-likeness (QED) is 0.729. The van der Waals surface area contributed by atoms with Crippen molar-refractivity contribution in [2.45, 2.75) is 32.9 Å². The van der Waals surface area contributed by atoms with Crippen molar-refractivity contribution < 1.29 is 14.7 Å². The van der Waals surface area contributed by atoms with Crippen LogP contribution < -0.4 is 5.32 Å². The average Bonchev–Trinajstić information content (AvgIpc) is 2.78. The maximum atomic E-state index is 11.9. The van der Waals surface area contributed by atoms with E-state index in [9.17, 15) is 9.59 Å². The Morgan fingerprint density at radius 3 is 2.61 bits per heavy atom. The van der Waals surface area contributed by atoms with Crippen LogP contribution in [0.3, 0.4) is 0 Å². The number of aromatic amines is 1. The standard InChI is InChI=1S/C11H18N4O3/c1-7(2)15(6-9(16)17)11(18)14-8(3)10-12-4-5-13-10/h4-5,7-8H,6H2,1-3H3,(H,12,13)(H,14,18)(H,16,17). The van der Waals surface area contributed by atoms with E-state index in [1.165, 1.54) is 4.90 Å². The highest BCUT2D eigenvalue weighted by Gasteiger charge is 2.22. The summed E-state index contributed by atoms with van der Waals surface area (Å²) >= 11 is 0. The van der Waals surface area contributed by atoms with E-state index in [-0.39, 0.29) is 18.6 Å². The molecule has 1 rings (SSSR count). The number of aromatic nitrogens is 2. The zero-order valence-corrected chi connectivity index (χ0v) is 10.7. The van der Waals surface area contributed by atoms with Gasteiger partial charge in [-0.15, -0.1) is 0 Å². The van der Waals surface area contributed by atoms with Crippen LogP contribution in [-0.2, 0) is 4.79 Å². The van der Waals surface area contributed by atoms with E-state index in [4.69, 9.17) is 5.11 Å². The molecule has 7 nitrogen and oxygen atoms in total. The molecule has 0 spiro atoms. The molecule has 1 atom stereocenters. The Morgan fingerprint density at radius 2 is 2.17 bits per heavy atom. The molecule has 100 valence electrons. The van der Waals surface area contributed by atoms with E-state index >= 15 is 0 Å². The van der Waals surface area contributed by atoms with E-state index in [0.29, 0.717) is 5.82 Å². The predicted octanol–water partition coefficient (Wildman–Crippen LogP) is 0.975. The lowest BCUT2D eigenvalue weighted by Gasteiger charge is -2.26. The fraction of sp³-hybridized carbons (Fsp3) is 0.545. The lowest BCUT2D eigenvalue weighted by Crippen LogP contribution is -2.47. The number of aliphatic carboxylic acids is 1. The summed E-state index contributed by atoms with van der Waals surface area (Å²) in [5.41, 5.74) is 0. The average molecular weight is 254 g/mol. The number of H-pyrrole nitrogens is 1. The number of nitrogens with zero attached hydrogens (tertiary/aromatic N) is 2. The van der Waals surface area contributed by atoms with Crippen molar-refractivity contribution in [1.29, 1.82) is 0 Å². The molecule has 0 aliphatic carbocycles. The van der Waals surface area contributed by atoms with Crippen LogP contribution in [-0.4, -0.2) is 44.6 Å². The van der Waals surface area contributed by atoms with E-state index in [0.717, 1.165) is 0 Å². The first kappa shape index (κ1) is 14.0. The fourth-order valence-electron chi connectivity index (χ4n) is 1.49. The molecule has 3 N–H and O–H groups in total. The largest absolute Gasteiger partial charge is 0.480 e. The van der Waals surface area contributed by atoms with E-state index in [1.807, 2.05) is 0 Å². The number of amides is 2. The number of carboxylic acid groups (broad SMARTS) is 1. The highest BCUT2D eigenvalue weighted by molar-refractivity contribution is 5.80. The van der Waals surface area contributed by atoms with Gasteiger partial charge in [0.2, 0.25) is 0 Å². The Kier molecular flexibility index (Phi) is 4.70.